The first-order chi connectivity index (χ1) is 10.1. The van der Waals surface area contributed by atoms with Crippen LogP contribution >= 0.6 is 0 Å². The van der Waals surface area contributed by atoms with E-state index in [9.17, 15) is 14.9 Å². The standard InChI is InChI=1S/C15H22N2O4/c1-3-4-11-16(2)15(18)10-7-12-21-14-9-6-5-8-13(14)17(19)20/h5-6,8-9H,3-4,7,10-12H2,1-2H3. The van der Waals surface area contributed by atoms with Gasteiger partial charge in [0.2, 0.25) is 5.91 Å². The first kappa shape index (κ1) is 16.9. The summed E-state index contributed by atoms with van der Waals surface area (Å²) in [5.74, 6) is 0.323. The summed E-state index contributed by atoms with van der Waals surface area (Å²) in [6, 6.07) is 6.25. The summed E-state index contributed by atoms with van der Waals surface area (Å²) in [6.45, 7) is 3.14. The van der Waals surface area contributed by atoms with Crippen molar-refractivity contribution in [3.63, 3.8) is 0 Å². The van der Waals surface area contributed by atoms with E-state index in [4.69, 9.17) is 4.74 Å². The van der Waals surface area contributed by atoms with Crippen LogP contribution in [0.1, 0.15) is 32.6 Å². The van der Waals surface area contributed by atoms with Crippen molar-refractivity contribution < 1.29 is 14.5 Å². The Hall–Kier alpha value is -2.11. The molecule has 1 aromatic carbocycles. The average Bonchev–Trinajstić information content (AvgIpc) is 2.49. The second kappa shape index (κ2) is 8.94. The topological polar surface area (TPSA) is 72.7 Å². The number of nitro groups is 1. The summed E-state index contributed by atoms with van der Waals surface area (Å²) in [5.41, 5.74) is -0.0520. The van der Waals surface area contributed by atoms with Crippen molar-refractivity contribution >= 4 is 11.6 Å². The van der Waals surface area contributed by atoms with E-state index in [0.29, 0.717) is 12.8 Å². The van der Waals surface area contributed by atoms with E-state index in [1.54, 1.807) is 30.1 Å². The molecule has 0 saturated heterocycles. The van der Waals surface area contributed by atoms with Crippen molar-refractivity contribution in [2.24, 2.45) is 0 Å². The van der Waals surface area contributed by atoms with Crippen molar-refractivity contribution in [2.75, 3.05) is 20.2 Å². The van der Waals surface area contributed by atoms with Crippen molar-refractivity contribution in [3.05, 3.63) is 34.4 Å². The molecule has 1 rings (SSSR count). The number of rotatable bonds is 9. The number of carbonyl (C=O) groups excluding carboxylic acids is 1. The van der Waals surface area contributed by atoms with Gasteiger partial charge in [-0.3, -0.25) is 14.9 Å². The first-order valence-electron chi connectivity index (χ1n) is 7.16. The van der Waals surface area contributed by atoms with Crippen LogP contribution in [-0.4, -0.2) is 35.9 Å². The number of unbranched alkanes of at least 4 members (excludes halogenated alkanes) is 1. The summed E-state index contributed by atoms with van der Waals surface area (Å²) < 4.78 is 5.40. The van der Waals surface area contributed by atoms with Crippen LogP contribution in [0.5, 0.6) is 5.75 Å². The maximum absolute atomic E-state index is 11.8. The first-order valence-corrected chi connectivity index (χ1v) is 7.16. The van der Waals surface area contributed by atoms with Gasteiger partial charge in [0, 0.05) is 26.1 Å². The minimum absolute atomic E-state index is 0.0520. The fourth-order valence-electron chi connectivity index (χ4n) is 1.85. The van der Waals surface area contributed by atoms with Gasteiger partial charge >= 0.3 is 5.69 Å². The lowest BCUT2D eigenvalue weighted by Gasteiger charge is -2.16. The van der Waals surface area contributed by atoms with E-state index in [-0.39, 0.29) is 24.0 Å². The molecule has 21 heavy (non-hydrogen) atoms. The second-order valence-electron chi connectivity index (χ2n) is 4.85. The van der Waals surface area contributed by atoms with E-state index in [1.807, 2.05) is 0 Å². The Labute approximate surface area is 124 Å². The number of ether oxygens (including phenoxy) is 1. The van der Waals surface area contributed by atoms with Gasteiger partial charge in [-0.2, -0.15) is 0 Å². The van der Waals surface area contributed by atoms with Crippen LogP contribution in [0.2, 0.25) is 0 Å². The van der Waals surface area contributed by atoms with Crippen LogP contribution in [-0.2, 0) is 4.79 Å². The van der Waals surface area contributed by atoms with Gasteiger partial charge in [-0.1, -0.05) is 25.5 Å². The maximum Gasteiger partial charge on any atom is 0.310 e. The minimum atomic E-state index is -0.473. The number of carbonyl (C=O) groups is 1. The Morgan fingerprint density at radius 1 is 1.33 bits per heavy atom. The average molecular weight is 294 g/mol. The Morgan fingerprint density at radius 3 is 2.71 bits per heavy atom. The van der Waals surface area contributed by atoms with Crippen LogP contribution in [0.4, 0.5) is 5.69 Å². The maximum atomic E-state index is 11.8. The zero-order valence-corrected chi connectivity index (χ0v) is 12.6. The molecule has 0 aliphatic carbocycles. The monoisotopic (exact) mass is 294 g/mol. The molecule has 0 atom stereocenters. The molecule has 0 saturated carbocycles. The lowest BCUT2D eigenvalue weighted by molar-refractivity contribution is -0.385. The van der Waals surface area contributed by atoms with Crippen molar-refractivity contribution in [1.82, 2.24) is 4.90 Å². The molecule has 0 aliphatic heterocycles. The van der Waals surface area contributed by atoms with Crippen LogP contribution in [0, 0.1) is 10.1 Å². The van der Waals surface area contributed by atoms with E-state index < -0.39 is 4.92 Å². The lowest BCUT2D eigenvalue weighted by atomic mass is 10.2. The van der Waals surface area contributed by atoms with Gasteiger partial charge in [0.1, 0.15) is 0 Å². The fourth-order valence-corrected chi connectivity index (χ4v) is 1.85. The van der Waals surface area contributed by atoms with Gasteiger partial charge in [0.05, 0.1) is 11.5 Å². The molecule has 6 nitrogen and oxygen atoms in total. The molecule has 0 radical (unpaired) electrons. The highest BCUT2D eigenvalue weighted by Crippen LogP contribution is 2.25. The Kier molecular flexibility index (Phi) is 7.21. The van der Waals surface area contributed by atoms with Gasteiger partial charge < -0.3 is 9.64 Å². The van der Waals surface area contributed by atoms with Gasteiger partial charge in [0.15, 0.2) is 5.75 Å². The van der Waals surface area contributed by atoms with Crippen LogP contribution in [0.25, 0.3) is 0 Å². The van der Waals surface area contributed by atoms with E-state index in [2.05, 4.69) is 6.92 Å². The number of hydrogen-bond acceptors (Lipinski definition) is 4. The van der Waals surface area contributed by atoms with Gasteiger partial charge in [-0.15, -0.1) is 0 Å². The highest BCUT2D eigenvalue weighted by Gasteiger charge is 2.13. The largest absolute Gasteiger partial charge is 0.487 e. The van der Waals surface area contributed by atoms with Crippen LogP contribution < -0.4 is 4.74 Å². The van der Waals surface area contributed by atoms with Gasteiger partial charge in [-0.25, -0.2) is 0 Å². The molecule has 116 valence electrons. The smallest absolute Gasteiger partial charge is 0.310 e. The predicted octanol–water partition coefficient (Wildman–Crippen LogP) is 3.01. The van der Waals surface area contributed by atoms with Gasteiger partial charge in [-0.05, 0) is 18.9 Å². The molecule has 0 aromatic heterocycles. The van der Waals surface area contributed by atoms with E-state index in [0.717, 1.165) is 19.4 Å². The molecule has 0 bridgehead atoms. The number of amides is 1. The molecular weight excluding hydrogens is 272 g/mol. The molecule has 1 aromatic rings. The van der Waals surface area contributed by atoms with Crippen LogP contribution in [0.3, 0.4) is 0 Å². The van der Waals surface area contributed by atoms with E-state index >= 15 is 0 Å². The third-order valence-electron chi connectivity index (χ3n) is 3.13. The summed E-state index contributed by atoms with van der Waals surface area (Å²) in [4.78, 5) is 23.9. The normalized spacial score (nSPS) is 10.2. The zero-order valence-electron chi connectivity index (χ0n) is 12.6. The number of para-hydroxylation sites is 2. The van der Waals surface area contributed by atoms with Crippen molar-refractivity contribution in [1.29, 1.82) is 0 Å². The Balaban J connectivity index is 2.34. The molecule has 0 unspecified atom stereocenters. The van der Waals surface area contributed by atoms with Crippen molar-refractivity contribution in [2.45, 2.75) is 32.6 Å². The van der Waals surface area contributed by atoms with Gasteiger partial charge in [0.25, 0.3) is 0 Å². The molecule has 6 heteroatoms. The number of hydrogen-bond donors (Lipinski definition) is 0. The third-order valence-corrected chi connectivity index (χ3v) is 3.13. The summed E-state index contributed by atoms with van der Waals surface area (Å²) in [7, 11) is 1.79. The zero-order chi connectivity index (χ0) is 15.7. The quantitative estimate of drug-likeness (QED) is 0.398. The molecular formula is C15H22N2O4. The highest BCUT2D eigenvalue weighted by atomic mass is 16.6. The molecule has 0 N–H and O–H groups in total. The lowest BCUT2D eigenvalue weighted by Crippen LogP contribution is -2.27. The summed E-state index contributed by atoms with van der Waals surface area (Å²) in [6.07, 6.45) is 2.98. The Morgan fingerprint density at radius 2 is 2.05 bits per heavy atom. The second-order valence-corrected chi connectivity index (χ2v) is 4.85. The minimum Gasteiger partial charge on any atom is -0.487 e. The Bertz CT molecular complexity index is 476. The number of benzene rings is 1. The molecule has 0 spiro atoms. The molecule has 0 heterocycles. The third kappa shape index (κ3) is 5.81. The predicted molar refractivity (Wildman–Crippen MR) is 80.4 cm³/mol. The molecule has 1 amide bonds. The fraction of sp³-hybridized carbons (Fsp3) is 0.533. The number of nitro benzene ring substituents is 1. The molecule has 0 fully saturated rings. The SMILES string of the molecule is CCCCN(C)C(=O)CCCOc1ccccc1[N+](=O)[O-]. The van der Waals surface area contributed by atoms with Crippen molar-refractivity contribution in [3.8, 4) is 5.75 Å². The number of nitrogens with zero attached hydrogens (tertiary/aromatic N) is 2. The summed E-state index contributed by atoms with van der Waals surface area (Å²) >= 11 is 0. The molecule has 0 aliphatic rings. The van der Waals surface area contributed by atoms with Crippen LogP contribution in [0.15, 0.2) is 24.3 Å². The van der Waals surface area contributed by atoms with E-state index in [1.165, 1.54) is 6.07 Å². The summed E-state index contributed by atoms with van der Waals surface area (Å²) in [5, 5.41) is 10.8. The highest BCUT2D eigenvalue weighted by molar-refractivity contribution is 5.75.